The molecule has 3 rings (SSSR count). The van der Waals surface area contributed by atoms with Gasteiger partial charge in [-0.1, -0.05) is 18.2 Å². The van der Waals surface area contributed by atoms with Crippen molar-refractivity contribution in [1.29, 1.82) is 0 Å². The molecule has 0 saturated carbocycles. The molecule has 1 aromatic carbocycles. The average Bonchev–Trinajstić information content (AvgIpc) is 2.92. The lowest BCUT2D eigenvalue weighted by Gasteiger charge is -2.23. The summed E-state index contributed by atoms with van der Waals surface area (Å²) < 4.78 is 0. The number of carbonyl (C=O) groups excluding carboxylic acids is 1. The molecule has 89 valence electrons. The molecule has 3 heteroatoms. The third-order valence-electron chi connectivity index (χ3n) is 4.07. The molecule has 1 amide bonds. The summed E-state index contributed by atoms with van der Waals surface area (Å²) in [5.74, 6) is 0.264. The molecule has 0 aromatic heterocycles. The number of nitrogens with zero attached hydrogens (tertiary/aromatic N) is 1. The summed E-state index contributed by atoms with van der Waals surface area (Å²) in [6.45, 7) is 0.874. The van der Waals surface area contributed by atoms with Gasteiger partial charge in [-0.3, -0.25) is 10.1 Å². The third kappa shape index (κ3) is 1.65. The Morgan fingerprint density at radius 3 is 3.06 bits per heavy atom. The van der Waals surface area contributed by atoms with Crippen LogP contribution in [0.5, 0.6) is 0 Å². The highest BCUT2D eigenvalue weighted by atomic mass is 16.2. The van der Waals surface area contributed by atoms with Crippen molar-refractivity contribution in [2.45, 2.75) is 30.8 Å². The zero-order chi connectivity index (χ0) is 11.9. The van der Waals surface area contributed by atoms with Crippen molar-refractivity contribution < 1.29 is 4.79 Å². The molecule has 1 N–H and O–H groups in total. The van der Waals surface area contributed by atoms with Crippen molar-refractivity contribution in [1.82, 2.24) is 10.2 Å². The lowest BCUT2D eigenvalue weighted by Crippen LogP contribution is -2.47. The highest BCUT2D eigenvalue weighted by molar-refractivity contribution is 5.88. The van der Waals surface area contributed by atoms with Crippen LogP contribution in [0, 0.1) is 6.07 Å². The Kier molecular flexibility index (Phi) is 2.44. The van der Waals surface area contributed by atoms with Crippen LogP contribution >= 0.6 is 0 Å². The Bertz CT molecular complexity index is 431. The largest absolute Gasteiger partial charge is 0.344 e. The quantitative estimate of drug-likeness (QED) is 0.791. The molecule has 2 aliphatic heterocycles. The molecule has 3 nitrogen and oxygen atoms in total. The predicted molar refractivity (Wildman–Crippen MR) is 65.4 cm³/mol. The summed E-state index contributed by atoms with van der Waals surface area (Å²) in [6.07, 6.45) is 2.93. The first kappa shape index (κ1) is 10.8. The Hall–Kier alpha value is -1.35. The van der Waals surface area contributed by atoms with Gasteiger partial charge in [0.1, 0.15) is 5.54 Å². The lowest BCUT2D eigenvalue weighted by atomic mass is 9.96. The minimum absolute atomic E-state index is 0.264. The van der Waals surface area contributed by atoms with Crippen molar-refractivity contribution in [2.24, 2.45) is 0 Å². The molecule has 2 atom stereocenters. The number of hydrogen-bond donors (Lipinski definition) is 1. The average molecular weight is 229 g/mol. The normalized spacial score (nSPS) is 32.6. The van der Waals surface area contributed by atoms with Gasteiger partial charge in [0, 0.05) is 19.6 Å². The van der Waals surface area contributed by atoms with Gasteiger partial charge in [-0.15, -0.1) is 0 Å². The summed E-state index contributed by atoms with van der Waals surface area (Å²) in [7, 11) is 1.89. The van der Waals surface area contributed by atoms with Gasteiger partial charge in [-0.2, -0.15) is 0 Å². The summed E-state index contributed by atoms with van der Waals surface area (Å²) in [6, 6.07) is 11.4. The number of carbonyl (C=O) groups is 1. The van der Waals surface area contributed by atoms with Crippen LogP contribution in [-0.4, -0.2) is 29.9 Å². The maximum atomic E-state index is 12.2. The molecule has 0 bridgehead atoms. The van der Waals surface area contributed by atoms with Gasteiger partial charge in [-0.25, -0.2) is 0 Å². The smallest absolute Gasteiger partial charge is 0.242 e. The summed E-state index contributed by atoms with van der Waals surface area (Å²) in [5.41, 5.74) is 0.960. The van der Waals surface area contributed by atoms with Gasteiger partial charge in [0.25, 0.3) is 0 Å². The molecule has 2 fully saturated rings. The fourth-order valence-electron chi connectivity index (χ4n) is 3.04. The Morgan fingerprint density at radius 2 is 2.41 bits per heavy atom. The molecule has 0 unspecified atom stereocenters. The van der Waals surface area contributed by atoms with Crippen LogP contribution in [0.25, 0.3) is 0 Å². The number of likely N-dealkylation sites (N-methyl/N-ethyl adjacent to an activating group) is 1. The summed E-state index contributed by atoms with van der Waals surface area (Å²) in [5, 5.41) is 3.55. The zero-order valence-electron chi connectivity index (χ0n) is 10.1. The van der Waals surface area contributed by atoms with Crippen LogP contribution < -0.4 is 5.32 Å². The predicted octanol–water partition coefficient (Wildman–Crippen LogP) is 1.51. The number of benzene rings is 1. The Labute approximate surface area is 102 Å². The van der Waals surface area contributed by atoms with E-state index < -0.39 is 0 Å². The summed E-state index contributed by atoms with van der Waals surface area (Å²) in [4.78, 5) is 14.0. The van der Waals surface area contributed by atoms with Crippen molar-refractivity contribution in [3.8, 4) is 0 Å². The number of hydrogen-bond acceptors (Lipinski definition) is 2. The monoisotopic (exact) mass is 229 g/mol. The van der Waals surface area contributed by atoms with Crippen LogP contribution in [0.15, 0.2) is 24.3 Å². The molecular formula is C14H17N2O. The Morgan fingerprint density at radius 1 is 1.53 bits per heavy atom. The number of likely N-dealkylation sites (tertiary alicyclic amines) is 1. The maximum Gasteiger partial charge on any atom is 0.242 e. The van der Waals surface area contributed by atoms with Crippen LogP contribution in [0.4, 0.5) is 0 Å². The van der Waals surface area contributed by atoms with Gasteiger partial charge < -0.3 is 4.90 Å². The van der Waals surface area contributed by atoms with Gasteiger partial charge in [-0.05, 0) is 37.0 Å². The molecule has 2 saturated heterocycles. The second-order valence-electron chi connectivity index (χ2n) is 5.13. The van der Waals surface area contributed by atoms with Crippen molar-refractivity contribution in [3.05, 3.63) is 35.9 Å². The van der Waals surface area contributed by atoms with E-state index in [0.717, 1.165) is 25.8 Å². The van der Waals surface area contributed by atoms with Gasteiger partial charge in [0.2, 0.25) is 5.91 Å². The van der Waals surface area contributed by atoms with E-state index in [4.69, 9.17) is 0 Å². The minimum Gasteiger partial charge on any atom is -0.344 e. The van der Waals surface area contributed by atoms with Gasteiger partial charge >= 0.3 is 0 Å². The highest BCUT2D eigenvalue weighted by Crippen LogP contribution is 2.38. The molecule has 0 aliphatic carbocycles. The summed E-state index contributed by atoms with van der Waals surface area (Å²) >= 11 is 0. The fraction of sp³-hybridized carbons (Fsp3) is 0.500. The first-order valence-electron chi connectivity index (χ1n) is 6.21. The van der Waals surface area contributed by atoms with E-state index in [9.17, 15) is 4.79 Å². The number of amides is 1. The molecule has 1 spiro atoms. The van der Waals surface area contributed by atoms with Gasteiger partial charge in [0.05, 0.1) is 0 Å². The second kappa shape index (κ2) is 3.84. The first-order chi connectivity index (χ1) is 8.21. The first-order valence-corrected chi connectivity index (χ1v) is 6.21. The molecule has 2 heterocycles. The fourth-order valence-corrected chi connectivity index (χ4v) is 3.04. The van der Waals surface area contributed by atoms with Crippen LogP contribution in [0.2, 0.25) is 0 Å². The van der Waals surface area contributed by atoms with Crippen molar-refractivity contribution in [3.63, 3.8) is 0 Å². The lowest BCUT2D eigenvalue weighted by molar-refractivity contribution is -0.131. The second-order valence-corrected chi connectivity index (χ2v) is 5.13. The standard InChI is InChI=1S/C14H17N2O/c1-16-10-9-14(13(16)17)8-7-12(15-14)11-5-3-2-4-6-11/h2-3,5-6,12,15H,7-10H2,1H3/t12-,14-/m1/s1. The van der Waals surface area contributed by atoms with Crippen LogP contribution in [0.3, 0.4) is 0 Å². The highest BCUT2D eigenvalue weighted by Gasteiger charge is 2.49. The van der Waals surface area contributed by atoms with E-state index in [1.807, 2.05) is 30.1 Å². The minimum atomic E-state index is -0.282. The molecular weight excluding hydrogens is 212 g/mol. The maximum absolute atomic E-state index is 12.2. The van der Waals surface area contributed by atoms with Crippen molar-refractivity contribution >= 4 is 5.91 Å². The molecule has 1 aromatic rings. The molecule has 1 radical (unpaired) electrons. The molecule has 17 heavy (non-hydrogen) atoms. The van der Waals surface area contributed by atoms with Crippen LogP contribution in [-0.2, 0) is 4.79 Å². The topological polar surface area (TPSA) is 32.3 Å². The van der Waals surface area contributed by atoms with Crippen LogP contribution in [0.1, 0.15) is 30.9 Å². The third-order valence-corrected chi connectivity index (χ3v) is 4.07. The number of nitrogens with one attached hydrogen (secondary N) is 1. The van der Waals surface area contributed by atoms with E-state index >= 15 is 0 Å². The van der Waals surface area contributed by atoms with Crippen molar-refractivity contribution in [2.75, 3.05) is 13.6 Å². The van der Waals surface area contributed by atoms with E-state index in [-0.39, 0.29) is 11.4 Å². The molecule has 2 aliphatic rings. The number of rotatable bonds is 1. The van der Waals surface area contributed by atoms with E-state index in [0.29, 0.717) is 6.04 Å². The Balaban J connectivity index is 1.81. The van der Waals surface area contributed by atoms with Gasteiger partial charge in [0.15, 0.2) is 0 Å². The zero-order valence-corrected chi connectivity index (χ0v) is 10.1. The van der Waals surface area contributed by atoms with E-state index in [2.05, 4.69) is 17.4 Å². The van der Waals surface area contributed by atoms with E-state index in [1.165, 1.54) is 5.56 Å². The van der Waals surface area contributed by atoms with E-state index in [1.54, 1.807) is 0 Å². The SMILES string of the molecule is CN1CC[C@]2(CC[C@H](c3c[c]ccc3)N2)C1=O.